The zero-order valence-electron chi connectivity index (χ0n) is 21.6. The summed E-state index contributed by atoms with van der Waals surface area (Å²) in [6, 6.07) is 13.4. The van der Waals surface area contributed by atoms with Crippen molar-refractivity contribution in [1.82, 2.24) is 9.80 Å². The molecule has 6 rings (SSSR count). The van der Waals surface area contributed by atoms with Crippen LogP contribution in [-0.4, -0.2) is 67.8 Å². The first-order valence-electron chi connectivity index (χ1n) is 13.6. The van der Waals surface area contributed by atoms with Gasteiger partial charge in [0.15, 0.2) is 0 Å². The number of carbonyl (C=O) groups is 5. The van der Waals surface area contributed by atoms with Crippen LogP contribution in [0.5, 0.6) is 0 Å². The lowest BCUT2D eigenvalue weighted by atomic mass is 9.83. The van der Waals surface area contributed by atoms with Gasteiger partial charge in [-0.25, -0.2) is 0 Å². The van der Waals surface area contributed by atoms with Crippen molar-refractivity contribution in [1.29, 1.82) is 0 Å². The van der Waals surface area contributed by atoms with Crippen LogP contribution in [-0.2, 0) is 4.79 Å². The van der Waals surface area contributed by atoms with E-state index >= 15 is 0 Å². The van der Waals surface area contributed by atoms with Gasteiger partial charge in [0.25, 0.3) is 23.6 Å². The zero-order chi connectivity index (χ0) is 27.7. The van der Waals surface area contributed by atoms with Crippen molar-refractivity contribution >= 4 is 29.6 Å². The topological polar surface area (TPSA) is 132 Å². The van der Waals surface area contributed by atoms with Crippen LogP contribution < -0.4 is 0 Å². The number of carboxylic acids is 1. The van der Waals surface area contributed by atoms with Gasteiger partial charge >= 0.3 is 5.97 Å². The normalized spacial score (nSPS) is 26.2. The molecule has 0 unspecified atom stereocenters. The van der Waals surface area contributed by atoms with Crippen LogP contribution in [0.25, 0.3) is 0 Å². The number of rotatable bonds is 4. The second kappa shape index (κ2) is 11.1. The van der Waals surface area contributed by atoms with Crippen LogP contribution >= 0.6 is 0 Å². The highest BCUT2D eigenvalue weighted by atomic mass is 16.4. The van der Waals surface area contributed by atoms with Gasteiger partial charge in [0.2, 0.25) is 0 Å². The summed E-state index contributed by atoms with van der Waals surface area (Å²) in [5.74, 6) is -1.67. The summed E-state index contributed by atoms with van der Waals surface area (Å²) in [4.78, 5) is 62.9. The first kappa shape index (κ1) is 26.7. The number of aliphatic carboxylic acids is 1. The van der Waals surface area contributed by atoms with Gasteiger partial charge in [0, 0.05) is 18.5 Å². The molecule has 0 saturated heterocycles. The second-order valence-electron chi connectivity index (χ2n) is 10.8. The van der Waals surface area contributed by atoms with E-state index in [1.807, 2.05) is 0 Å². The summed E-state index contributed by atoms with van der Waals surface area (Å²) in [7, 11) is 0. The van der Waals surface area contributed by atoms with Gasteiger partial charge in [-0.2, -0.15) is 0 Å². The number of carboxylic acid groups (broad SMARTS) is 1. The Morgan fingerprint density at radius 3 is 1.49 bits per heavy atom. The molecule has 4 atom stereocenters. The van der Waals surface area contributed by atoms with Crippen molar-refractivity contribution in [3.05, 3.63) is 70.8 Å². The highest BCUT2D eigenvalue weighted by Gasteiger charge is 2.42. The zero-order valence-corrected chi connectivity index (χ0v) is 21.6. The molecule has 2 heterocycles. The number of aliphatic hydroxyl groups excluding tert-OH is 1. The van der Waals surface area contributed by atoms with Crippen molar-refractivity contribution in [2.45, 2.75) is 76.0 Å². The maximum absolute atomic E-state index is 12.4. The molecule has 2 saturated carbocycles. The molecular formula is C30H32N2O7. The third-order valence-corrected chi connectivity index (χ3v) is 8.22. The highest BCUT2D eigenvalue weighted by Crippen LogP contribution is 2.35. The average Bonchev–Trinajstić information content (AvgIpc) is 3.33. The quantitative estimate of drug-likeness (QED) is 0.571. The fraction of sp³-hybridized carbons (Fsp3) is 0.433. The lowest BCUT2D eigenvalue weighted by Crippen LogP contribution is -2.43. The SMILES string of the molecule is O=C(O)C[C@@H]1CCC[C@H](N2C(=O)c3ccccc3C2=O)C1.O=C1c2ccccc2C(=O)N1[C@@H]1CCC[C@H](O)C1. The van der Waals surface area contributed by atoms with Crippen LogP contribution in [0.1, 0.15) is 99.2 Å². The van der Waals surface area contributed by atoms with Gasteiger partial charge in [-0.15, -0.1) is 0 Å². The standard InChI is InChI=1S/C16H17NO4.C14H15NO3/c18-14(19)9-10-4-3-5-11(8-10)17-15(20)12-6-1-2-7-13(12)16(17)21;16-10-5-3-4-9(8-10)15-13(17)11-6-1-2-7-12(11)14(15)18/h1-2,6-7,10-11H,3-5,8-9H2,(H,18,19);1-2,6-7,9-10,16H,3-5,8H2/t10-,11+;9-,10+/m11/s1. The van der Waals surface area contributed by atoms with Crippen LogP contribution in [0.2, 0.25) is 0 Å². The number of benzene rings is 2. The van der Waals surface area contributed by atoms with E-state index in [2.05, 4.69) is 0 Å². The Morgan fingerprint density at radius 2 is 1.08 bits per heavy atom. The summed E-state index contributed by atoms with van der Waals surface area (Å²) in [5.41, 5.74) is 1.90. The number of hydrogen-bond acceptors (Lipinski definition) is 6. The molecule has 9 heteroatoms. The number of nitrogens with zero attached hydrogens (tertiary/aromatic N) is 2. The van der Waals surface area contributed by atoms with Gasteiger partial charge < -0.3 is 10.2 Å². The molecule has 2 fully saturated rings. The van der Waals surface area contributed by atoms with E-state index in [0.29, 0.717) is 35.1 Å². The fourth-order valence-corrected chi connectivity index (χ4v) is 6.38. The summed E-state index contributed by atoms with van der Waals surface area (Å²) < 4.78 is 0. The van der Waals surface area contributed by atoms with Crippen LogP contribution in [0.15, 0.2) is 48.5 Å². The fourth-order valence-electron chi connectivity index (χ4n) is 6.38. The summed E-state index contributed by atoms with van der Waals surface area (Å²) >= 11 is 0. The summed E-state index contributed by atoms with van der Waals surface area (Å²) in [5, 5.41) is 18.6. The van der Waals surface area contributed by atoms with E-state index in [1.54, 1.807) is 48.5 Å². The smallest absolute Gasteiger partial charge is 0.303 e. The number of amides is 4. The Kier molecular flexibility index (Phi) is 7.61. The maximum atomic E-state index is 12.4. The Labute approximate surface area is 226 Å². The molecule has 9 nitrogen and oxygen atoms in total. The van der Waals surface area contributed by atoms with Gasteiger partial charge in [0.1, 0.15) is 0 Å². The van der Waals surface area contributed by atoms with E-state index < -0.39 is 12.1 Å². The maximum Gasteiger partial charge on any atom is 0.303 e. The first-order valence-corrected chi connectivity index (χ1v) is 13.6. The molecule has 0 bridgehead atoms. The minimum atomic E-state index is -0.817. The molecule has 2 N–H and O–H groups in total. The van der Waals surface area contributed by atoms with Crippen molar-refractivity contribution < 1.29 is 34.2 Å². The number of imide groups is 2. The van der Waals surface area contributed by atoms with Gasteiger partial charge in [-0.05, 0) is 75.1 Å². The third kappa shape index (κ3) is 5.23. The first-order chi connectivity index (χ1) is 18.8. The van der Waals surface area contributed by atoms with Crippen LogP contribution in [0, 0.1) is 5.92 Å². The highest BCUT2D eigenvalue weighted by molar-refractivity contribution is 6.22. The molecule has 2 aliphatic heterocycles. The van der Waals surface area contributed by atoms with Gasteiger partial charge in [-0.3, -0.25) is 33.8 Å². The van der Waals surface area contributed by atoms with Crippen molar-refractivity contribution in [3.63, 3.8) is 0 Å². The van der Waals surface area contributed by atoms with E-state index in [9.17, 15) is 29.1 Å². The largest absolute Gasteiger partial charge is 0.481 e. The van der Waals surface area contributed by atoms with Crippen molar-refractivity contribution in [2.75, 3.05) is 0 Å². The van der Waals surface area contributed by atoms with E-state index in [-0.39, 0.29) is 48.1 Å². The predicted molar refractivity (Wildman–Crippen MR) is 140 cm³/mol. The van der Waals surface area contributed by atoms with E-state index in [1.165, 1.54) is 9.80 Å². The molecule has 2 aromatic rings. The van der Waals surface area contributed by atoms with Crippen LogP contribution in [0.3, 0.4) is 0 Å². The van der Waals surface area contributed by atoms with Crippen molar-refractivity contribution in [3.8, 4) is 0 Å². The lowest BCUT2D eigenvalue weighted by molar-refractivity contribution is -0.138. The minimum absolute atomic E-state index is 0.0468. The Morgan fingerprint density at radius 1 is 0.667 bits per heavy atom. The molecule has 0 aromatic heterocycles. The van der Waals surface area contributed by atoms with Gasteiger partial charge in [0.05, 0.1) is 28.4 Å². The van der Waals surface area contributed by atoms with Crippen molar-refractivity contribution in [2.24, 2.45) is 5.92 Å². The van der Waals surface area contributed by atoms with Gasteiger partial charge in [-0.1, -0.05) is 30.7 Å². The number of carbonyl (C=O) groups excluding carboxylic acids is 4. The number of hydrogen-bond donors (Lipinski definition) is 2. The van der Waals surface area contributed by atoms with Crippen LogP contribution in [0.4, 0.5) is 0 Å². The Hall–Kier alpha value is -3.85. The molecule has 0 radical (unpaired) electrons. The molecule has 39 heavy (non-hydrogen) atoms. The summed E-state index contributed by atoms with van der Waals surface area (Å²) in [6.45, 7) is 0. The summed E-state index contributed by atoms with van der Waals surface area (Å²) in [6.07, 6.45) is 5.71. The minimum Gasteiger partial charge on any atom is -0.481 e. The van der Waals surface area contributed by atoms with E-state index in [4.69, 9.17) is 5.11 Å². The molecule has 4 amide bonds. The molecule has 2 aliphatic carbocycles. The molecule has 4 aliphatic rings. The monoisotopic (exact) mass is 532 g/mol. The molecule has 2 aromatic carbocycles. The van der Waals surface area contributed by atoms with E-state index in [0.717, 1.165) is 38.5 Å². The molecule has 204 valence electrons. The lowest BCUT2D eigenvalue weighted by Gasteiger charge is -2.33. The Balaban J connectivity index is 0.000000160. The third-order valence-electron chi connectivity index (χ3n) is 8.22. The molecule has 0 spiro atoms. The number of aliphatic hydroxyl groups is 1. The Bertz CT molecular complexity index is 1250. The molecular weight excluding hydrogens is 500 g/mol. The predicted octanol–water partition coefficient (Wildman–Crippen LogP) is 3.90. The second-order valence-corrected chi connectivity index (χ2v) is 10.8. The average molecular weight is 533 g/mol. The number of fused-ring (bicyclic) bond motifs is 2.